The highest BCUT2D eigenvalue weighted by Gasteiger charge is 2.47. The molecule has 0 aliphatic heterocycles. The molecule has 102 valence electrons. The SMILES string of the molecule is O=C(O)c1cc(Cl)c2nnc(C(F)(F)C(F)F)n2c1. The van der Waals surface area contributed by atoms with Crippen molar-refractivity contribution in [3.8, 4) is 0 Å². The maximum Gasteiger partial charge on any atom is 0.366 e. The van der Waals surface area contributed by atoms with Gasteiger partial charge in [-0.25, -0.2) is 13.6 Å². The van der Waals surface area contributed by atoms with E-state index in [1.807, 2.05) is 0 Å². The Morgan fingerprint density at radius 3 is 2.58 bits per heavy atom. The molecule has 10 heteroatoms. The molecule has 0 spiro atoms. The van der Waals surface area contributed by atoms with E-state index >= 15 is 0 Å². The molecule has 0 amide bonds. The Morgan fingerprint density at radius 2 is 2.05 bits per heavy atom. The van der Waals surface area contributed by atoms with Crippen LogP contribution in [0.25, 0.3) is 5.65 Å². The predicted molar refractivity (Wildman–Crippen MR) is 54.9 cm³/mol. The number of carbonyl (C=O) groups is 1. The van der Waals surface area contributed by atoms with E-state index in [-0.39, 0.29) is 10.7 Å². The molecule has 0 aliphatic rings. The molecule has 0 unspecified atom stereocenters. The average molecular weight is 298 g/mol. The molecule has 1 N–H and O–H groups in total. The van der Waals surface area contributed by atoms with Crippen molar-refractivity contribution in [2.45, 2.75) is 12.3 Å². The van der Waals surface area contributed by atoms with Crippen LogP contribution in [0.2, 0.25) is 5.02 Å². The third kappa shape index (κ3) is 2.09. The van der Waals surface area contributed by atoms with Gasteiger partial charge in [0.2, 0.25) is 5.82 Å². The zero-order valence-electron chi connectivity index (χ0n) is 8.82. The Balaban J connectivity index is 2.75. The van der Waals surface area contributed by atoms with Crippen LogP contribution in [0.15, 0.2) is 12.3 Å². The number of pyridine rings is 1. The monoisotopic (exact) mass is 297 g/mol. The summed E-state index contributed by atoms with van der Waals surface area (Å²) < 4.78 is 51.5. The van der Waals surface area contributed by atoms with Gasteiger partial charge in [-0.3, -0.25) is 4.40 Å². The molecule has 2 rings (SSSR count). The van der Waals surface area contributed by atoms with Crippen molar-refractivity contribution >= 4 is 23.2 Å². The van der Waals surface area contributed by atoms with Gasteiger partial charge < -0.3 is 5.11 Å². The molecular weight excluding hydrogens is 294 g/mol. The van der Waals surface area contributed by atoms with Crippen molar-refractivity contribution in [2.24, 2.45) is 0 Å². The predicted octanol–water partition coefficient (Wildman–Crippen LogP) is 2.44. The second-order valence-electron chi connectivity index (χ2n) is 3.52. The molecule has 5 nitrogen and oxygen atoms in total. The van der Waals surface area contributed by atoms with Gasteiger partial charge in [-0.2, -0.15) is 8.78 Å². The number of carboxylic acids is 1. The van der Waals surface area contributed by atoms with Crippen LogP contribution in [-0.2, 0) is 5.92 Å². The summed E-state index contributed by atoms with van der Waals surface area (Å²) >= 11 is 5.63. The van der Waals surface area contributed by atoms with Crippen LogP contribution in [0, 0.1) is 0 Å². The summed E-state index contributed by atoms with van der Waals surface area (Å²) in [6.45, 7) is 0. The van der Waals surface area contributed by atoms with Crippen LogP contribution in [0.3, 0.4) is 0 Å². The van der Waals surface area contributed by atoms with Crippen LogP contribution in [-0.4, -0.2) is 32.1 Å². The first-order chi connectivity index (χ1) is 8.75. The standard InChI is InChI=1S/C9H4ClF4N3O2/c10-4-1-3(6(18)19)2-17-5(4)15-16-8(17)9(13,14)7(11)12/h1-2,7H,(H,18,19). The Kier molecular flexibility index (Phi) is 3.09. The molecule has 0 aliphatic carbocycles. The fourth-order valence-electron chi connectivity index (χ4n) is 1.40. The maximum atomic E-state index is 13.2. The molecule has 2 heterocycles. The van der Waals surface area contributed by atoms with Gasteiger partial charge in [0.15, 0.2) is 5.65 Å². The first kappa shape index (κ1) is 13.5. The zero-order chi connectivity index (χ0) is 14.4. The van der Waals surface area contributed by atoms with Crippen LogP contribution < -0.4 is 0 Å². The van der Waals surface area contributed by atoms with Gasteiger partial charge in [-0.1, -0.05) is 11.6 Å². The number of aromatic nitrogens is 3. The van der Waals surface area contributed by atoms with Crippen LogP contribution in [0.5, 0.6) is 0 Å². The van der Waals surface area contributed by atoms with Crippen LogP contribution in [0.1, 0.15) is 16.2 Å². The smallest absolute Gasteiger partial charge is 0.366 e. The molecule has 0 fully saturated rings. The summed E-state index contributed by atoms with van der Waals surface area (Å²) in [6, 6.07) is 0.957. The first-order valence-corrected chi connectivity index (χ1v) is 5.07. The second-order valence-corrected chi connectivity index (χ2v) is 3.93. The van der Waals surface area contributed by atoms with Crippen molar-refractivity contribution in [2.75, 3.05) is 0 Å². The van der Waals surface area contributed by atoms with Gasteiger partial charge in [0.05, 0.1) is 10.6 Å². The molecule has 0 saturated heterocycles. The number of halogens is 5. The fraction of sp³-hybridized carbons (Fsp3) is 0.222. The van der Waals surface area contributed by atoms with Gasteiger partial charge in [0.25, 0.3) is 0 Å². The zero-order valence-corrected chi connectivity index (χ0v) is 9.57. The fourth-order valence-corrected chi connectivity index (χ4v) is 1.64. The van der Waals surface area contributed by atoms with Crippen molar-refractivity contribution in [1.82, 2.24) is 14.6 Å². The number of fused-ring (bicyclic) bond motifs is 1. The van der Waals surface area contributed by atoms with E-state index in [1.54, 1.807) is 0 Å². The third-order valence-electron chi connectivity index (χ3n) is 2.28. The maximum absolute atomic E-state index is 13.2. The van der Waals surface area contributed by atoms with Gasteiger partial charge in [0, 0.05) is 6.20 Å². The molecule has 2 aromatic heterocycles. The number of aromatic carboxylic acids is 1. The van der Waals surface area contributed by atoms with Crippen molar-refractivity contribution in [3.63, 3.8) is 0 Å². The normalized spacial score (nSPS) is 12.3. The van der Waals surface area contributed by atoms with E-state index in [2.05, 4.69) is 10.2 Å². The number of nitrogens with zero attached hydrogens (tertiary/aromatic N) is 3. The molecule has 19 heavy (non-hydrogen) atoms. The number of rotatable bonds is 3. The van der Waals surface area contributed by atoms with Gasteiger partial charge >= 0.3 is 18.3 Å². The summed E-state index contributed by atoms with van der Waals surface area (Å²) in [5, 5.41) is 14.7. The molecule has 0 atom stereocenters. The average Bonchev–Trinajstić information content (AvgIpc) is 2.73. The van der Waals surface area contributed by atoms with Crippen molar-refractivity contribution in [3.05, 3.63) is 28.7 Å². The molecule has 0 radical (unpaired) electrons. The molecule has 2 aromatic rings. The summed E-state index contributed by atoms with van der Waals surface area (Å²) in [6.07, 6.45) is -3.30. The highest BCUT2D eigenvalue weighted by Crippen LogP contribution is 2.34. The lowest BCUT2D eigenvalue weighted by molar-refractivity contribution is -0.141. The Bertz CT molecular complexity index is 658. The summed E-state index contributed by atoms with van der Waals surface area (Å²) in [4.78, 5) is 10.8. The number of alkyl halides is 4. The topological polar surface area (TPSA) is 67.5 Å². The lowest BCUT2D eigenvalue weighted by Gasteiger charge is -2.13. The minimum Gasteiger partial charge on any atom is -0.478 e. The Hall–Kier alpha value is -1.90. The number of carboxylic acid groups (broad SMARTS) is 1. The lowest BCUT2D eigenvalue weighted by atomic mass is 10.2. The summed E-state index contributed by atoms with van der Waals surface area (Å²) in [5.41, 5.74) is -0.786. The molecular formula is C9H4ClF4N3O2. The molecule has 0 aromatic carbocycles. The molecule has 0 saturated carbocycles. The van der Waals surface area contributed by atoms with Gasteiger partial charge in [0.1, 0.15) is 0 Å². The van der Waals surface area contributed by atoms with Crippen molar-refractivity contribution < 1.29 is 27.5 Å². The first-order valence-electron chi connectivity index (χ1n) is 4.69. The summed E-state index contributed by atoms with van der Waals surface area (Å²) in [7, 11) is 0. The van der Waals surface area contributed by atoms with E-state index in [9.17, 15) is 22.4 Å². The highest BCUT2D eigenvalue weighted by atomic mass is 35.5. The number of hydrogen-bond acceptors (Lipinski definition) is 3. The minimum atomic E-state index is -4.57. The van der Waals surface area contributed by atoms with E-state index in [1.165, 1.54) is 0 Å². The second kappa shape index (κ2) is 4.34. The Labute approximate surface area is 107 Å². The third-order valence-corrected chi connectivity index (χ3v) is 2.56. The van der Waals surface area contributed by atoms with Crippen molar-refractivity contribution in [1.29, 1.82) is 0 Å². The van der Waals surface area contributed by atoms with Gasteiger partial charge in [-0.15, -0.1) is 10.2 Å². The van der Waals surface area contributed by atoms with E-state index in [0.29, 0.717) is 10.6 Å². The Morgan fingerprint density at radius 1 is 1.42 bits per heavy atom. The van der Waals surface area contributed by atoms with Crippen LogP contribution >= 0.6 is 11.6 Å². The lowest BCUT2D eigenvalue weighted by Crippen LogP contribution is -2.26. The van der Waals surface area contributed by atoms with E-state index in [4.69, 9.17) is 16.7 Å². The summed E-state index contributed by atoms with van der Waals surface area (Å²) in [5.74, 6) is -7.40. The quantitative estimate of drug-likeness (QED) is 0.884. The van der Waals surface area contributed by atoms with E-state index < -0.39 is 29.7 Å². The molecule has 0 bridgehead atoms. The highest BCUT2D eigenvalue weighted by molar-refractivity contribution is 6.33. The van der Waals surface area contributed by atoms with Crippen LogP contribution in [0.4, 0.5) is 17.6 Å². The number of hydrogen-bond donors (Lipinski definition) is 1. The largest absolute Gasteiger partial charge is 0.478 e. The van der Waals surface area contributed by atoms with E-state index in [0.717, 1.165) is 6.07 Å². The minimum absolute atomic E-state index is 0.288. The van der Waals surface area contributed by atoms with Gasteiger partial charge in [-0.05, 0) is 6.07 Å².